The van der Waals surface area contributed by atoms with Crippen molar-refractivity contribution in [3.8, 4) is 5.75 Å². The molecule has 1 saturated heterocycles. The molecule has 0 aliphatic carbocycles. The summed E-state index contributed by atoms with van der Waals surface area (Å²) in [5.41, 5.74) is 0.991. The van der Waals surface area contributed by atoms with E-state index in [9.17, 15) is 9.90 Å². The van der Waals surface area contributed by atoms with Crippen molar-refractivity contribution in [2.45, 2.75) is 57.8 Å². The highest BCUT2D eigenvalue weighted by Crippen LogP contribution is 2.43. The number of fused-ring (bicyclic) bond motifs is 1. The summed E-state index contributed by atoms with van der Waals surface area (Å²) in [5.74, 6) is 0.829. The number of ether oxygens (including phenoxy) is 1. The largest absolute Gasteiger partial charge is 0.485 e. The first-order valence-electron chi connectivity index (χ1n) is 8.16. The van der Waals surface area contributed by atoms with Gasteiger partial charge in [0.1, 0.15) is 17.5 Å². The fourth-order valence-electron chi connectivity index (χ4n) is 3.58. The van der Waals surface area contributed by atoms with Crippen LogP contribution in [0.2, 0.25) is 0 Å². The lowest BCUT2D eigenvalue weighted by Gasteiger charge is -2.47. The molecule has 3 rings (SSSR count). The fourth-order valence-corrected chi connectivity index (χ4v) is 3.58. The predicted molar refractivity (Wildman–Crippen MR) is 92.6 cm³/mol. The number of likely N-dealkylation sites (tertiary alicyclic amines) is 1. The molecule has 1 aromatic rings. The number of aliphatic hydroxyl groups excluding tert-OH is 1. The summed E-state index contributed by atoms with van der Waals surface area (Å²) in [6, 6.07) is 5.48. The molecular weight excluding hydrogens is 314 g/mol. The lowest BCUT2D eigenvalue weighted by molar-refractivity contribution is -0.0961. The van der Waals surface area contributed by atoms with Gasteiger partial charge in [-0.2, -0.15) is 0 Å². The van der Waals surface area contributed by atoms with Gasteiger partial charge in [-0.1, -0.05) is 6.42 Å². The van der Waals surface area contributed by atoms with Crippen LogP contribution in [0.3, 0.4) is 0 Å². The summed E-state index contributed by atoms with van der Waals surface area (Å²) in [6.45, 7) is 7.40. The first-order valence-corrected chi connectivity index (χ1v) is 8.16. The molecule has 0 saturated carbocycles. The number of piperidine rings is 1. The van der Waals surface area contributed by atoms with E-state index in [1.165, 1.54) is 6.42 Å². The Labute approximate surface area is 144 Å². The second-order valence-electron chi connectivity index (χ2n) is 7.00. The Bertz CT molecular complexity index is 582. The zero-order valence-electron chi connectivity index (χ0n) is 14.0. The molecule has 2 atom stereocenters. The molecule has 2 heterocycles. The van der Waals surface area contributed by atoms with Crippen LogP contribution in [-0.2, 0) is 0 Å². The lowest BCUT2D eigenvalue weighted by Crippen LogP contribution is -2.54. The smallest absolute Gasteiger partial charge is 0.159 e. The molecule has 1 fully saturated rings. The van der Waals surface area contributed by atoms with Crippen molar-refractivity contribution in [3.05, 3.63) is 29.3 Å². The summed E-state index contributed by atoms with van der Waals surface area (Å²) in [4.78, 5) is 14.1. The predicted octanol–water partition coefficient (Wildman–Crippen LogP) is 3.37. The number of carbonyl (C=O) groups is 1. The molecule has 0 amide bonds. The van der Waals surface area contributed by atoms with Crippen LogP contribution >= 0.6 is 12.4 Å². The first-order chi connectivity index (χ1) is 10.4. The van der Waals surface area contributed by atoms with Gasteiger partial charge in [-0.05, 0) is 64.9 Å². The van der Waals surface area contributed by atoms with Gasteiger partial charge in [0.25, 0.3) is 0 Å². The van der Waals surface area contributed by atoms with E-state index >= 15 is 0 Å². The highest BCUT2D eigenvalue weighted by Gasteiger charge is 2.45. The average Bonchev–Trinajstić information content (AvgIpc) is 2.48. The van der Waals surface area contributed by atoms with Gasteiger partial charge in [-0.25, -0.2) is 0 Å². The number of Topliss-reactive ketones (excluding diaryl/α,β-unsaturated/α-hetero) is 1. The number of aliphatic hydroxyl groups is 1. The maximum atomic E-state index is 11.7. The van der Waals surface area contributed by atoms with Crippen molar-refractivity contribution in [2.75, 3.05) is 13.1 Å². The Kier molecular flexibility index (Phi) is 5.39. The Morgan fingerprint density at radius 3 is 2.52 bits per heavy atom. The van der Waals surface area contributed by atoms with Crippen molar-refractivity contribution in [3.63, 3.8) is 0 Å². The third-order valence-corrected chi connectivity index (χ3v) is 4.90. The van der Waals surface area contributed by atoms with Gasteiger partial charge in [-0.15, -0.1) is 12.4 Å². The average molecular weight is 340 g/mol. The van der Waals surface area contributed by atoms with Gasteiger partial charge >= 0.3 is 0 Å². The molecule has 0 spiro atoms. The van der Waals surface area contributed by atoms with E-state index in [4.69, 9.17) is 4.74 Å². The van der Waals surface area contributed by atoms with Crippen molar-refractivity contribution in [1.29, 1.82) is 0 Å². The molecule has 0 unspecified atom stereocenters. The number of nitrogens with zero attached hydrogens (tertiary/aromatic N) is 1. The van der Waals surface area contributed by atoms with Gasteiger partial charge in [0.05, 0.1) is 6.04 Å². The molecule has 0 bridgehead atoms. The van der Waals surface area contributed by atoms with Crippen LogP contribution in [0.4, 0.5) is 0 Å². The van der Waals surface area contributed by atoms with E-state index in [0.717, 1.165) is 37.2 Å². The second kappa shape index (κ2) is 6.80. The number of hydrogen-bond acceptors (Lipinski definition) is 4. The number of carbonyl (C=O) groups excluding carboxylic acids is 1. The summed E-state index contributed by atoms with van der Waals surface area (Å²) in [5, 5.41) is 10.9. The third-order valence-electron chi connectivity index (χ3n) is 4.90. The Balaban J connectivity index is 0.00000192. The summed E-state index contributed by atoms with van der Waals surface area (Å²) in [7, 11) is 0. The van der Waals surface area contributed by atoms with Gasteiger partial charge in [0.15, 0.2) is 5.78 Å². The lowest BCUT2D eigenvalue weighted by atomic mass is 9.84. The van der Waals surface area contributed by atoms with E-state index in [1.807, 2.05) is 32.0 Å². The van der Waals surface area contributed by atoms with E-state index in [1.54, 1.807) is 6.92 Å². The van der Waals surface area contributed by atoms with Crippen molar-refractivity contribution < 1.29 is 14.6 Å². The van der Waals surface area contributed by atoms with Crippen molar-refractivity contribution >= 4 is 18.2 Å². The molecule has 0 aromatic heterocycles. The molecular formula is C18H26ClNO3. The van der Waals surface area contributed by atoms with E-state index < -0.39 is 11.7 Å². The van der Waals surface area contributed by atoms with Gasteiger partial charge in [0.2, 0.25) is 0 Å². The zero-order valence-corrected chi connectivity index (χ0v) is 14.9. The van der Waals surface area contributed by atoms with E-state index in [2.05, 4.69) is 4.90 Å². The number of benzene rings is 1. The third kappa shape index (κ3) is 3.39. The van der Waals surface area contributed by atoms with Gasteiger partial charge in [-0.3, -0.25) is 9.69 Å². The quantitative estimate of drug-likeness (QED) is 0.839. The minimum absolute atomic E-state index is 0. The van der Waals surface area contributed by atoms with Crippen LogP contribution in [0.15, 0.2) is 18.2 Å². The maximum Gasteiger partial charge on any atom is 0.159 e. The molecule has 128 valence electrons. The van der Waals surface area contributed by atoms with E-state index in [-0.39, 0.29) is 24.2 Å². The number of halogens is 1. The van der Waals surface area contributed by atoms with Crippen LogP contribution < -0.4 is 4.74 Å². The van der Waals surface area contributed by atoms with Crippen LogP contribution in [0.1, 0.15) is 62.0 Å². The Morgan fingerprint density at radius 2 is 1.91 bits per heavy atom. The summed E-state index contributed by atoms with van der Waals surface area (Å²) < 4.78 is 6.00. The summed E-state index contributed by atoms with van der Waals surface area (Å²) >= 11 is 0. The molecule has 5 heteroatoms. The van der Waals surface area contributed by atoms with E-state index in [0.29, 0.717) is 5.56 Å². The topological polar surface area (TPSA) is 49.8 Å². The Morgan fingerprint density at radius 1 is 1.26 bits per heavy atom. The van der Waals surface area contributed by atoms with Crippen molar-refractivity contribution in [1.82, 2.24) is 4.90 Å². The van der Waals surface area contributed by atoms with Crippen LogP contribution in [-0.4, -0.2) is 40.6 Å². The molecule has 4 nitrogen and oxygen atoms in total. The fraction of sp³-hybridized carbons (Fsp3) is 0.611. The first kappa shape index (κ1) is 18.2. The standard InChI is InChI=1S/C18H25NO3.ClH/c1-12(20)13-7-8-15-14(11-13)16(17(21)18(2,3)22-15)19-9-5-4-6-10-19;/h7-8,11,16-17,21H,4-6,9-10H2,1-3H3;1H/t16-,17+;/m0./s1. The Hall–Kier alpha value is -1.10. The van der Waals surface area contributed by atoms with Gasteiger partial charge in [0, 0.05) is 11.1 Å². The molecule has 2 aliphatic rings. The number of ketones is 1. The minimum Gasteiger partial charge on any atom is -0.485 e. The molecule has 2 aliphatic heterocycles. The molecule has 1 N–H and O–H groups in total. The number of hydrogen-bond donors (Lipinski definition) is 1. The highest BCUT2D eigenvalue weighted by molar-refractivity contribution is 5.94. The van der Waals surface area contributed by atoms with Crippen LogP contribution in [0.5, 0.6) is 5.75 Å². The second-order valence-corrected chi connectivity index (χ2v) is 7.00. The zero-order chi connectivity index (χ0) is 15.9. The highest BCUT2D eigenvalue weighted by atomic mass is 35.5. The van der Waals surface area contributed by atoms with Gasteiger partial charge < -0.3 is 9.84 Å². The SMILES string of the molecule is CC(=O)c1ccc2c(c1)[C@H](N1CCCCC1)[C@@H](O)C(C)(C)O2.Cl. The summed E-state index contributed by atoms with van der Waals surface area (Å²) in [6.07, 6.45) is 2.96. The van der Waals surface area contributed by atoms with Crippen molar-refractivity contribution in [2.24, 2.45) is 0 Å². The van der Waals surface area contributed by atoms with Crippen LogP contribution in [0, 0.1) is 0 Å². The number of rotatable bonds is 2. The minimum atomic E-state index is -0.632. The van der Waals surface area contributed by atoms with Crippen LogP contribution in [0.25, 0.3) is 0 Å². The maximum absolute atomic E-state index is 11.7. The molecule has 23 heavy (non-hydrogen) atoms. The molecule has 1 aromatic carbocycles. The molecule has 0 radical (unpaired) electrons. The monoisotopic (exact) mass is 339 g/mol. The normalized spacial score (nSPS) is 26.6.